The van der Waals surface area contributed by atoms with Crippen LogP contribution in [0.1, 0.15) is 17.7 Å². The molecule has 20 heavy (non-hydrogen) atoms. The summed E-state index contributed by atoms with van der Waals surface area (Å²) in [4.78, 5) is 4.36. The van der Waals surface area contributed by atoms with Crippen LogP contribution in [0.4, 0.5) is 0 Å². The zero-order valence-electron chi connectivity index (χ0n) is 10.8. The maximum Gasteiger partial charge on any atom is 0.124 e. The Labute approximate surface area is 116 Å². The minimum absolute atomic E-state index is 0.395. The lowest BCUT2D eigenvalue weighted by atomic mass is 9.92. The molecular formula is C16H11N3O. The Hall–Kier alpha value is -2.85. The fourth-order valence-corrected chi connectivity index (χ4v) is 2.35. The Kier molecular flexibility index (Phi) is 3.07. The molecule has 0 saturated heterocycles. The second-order valence-electron chi connectivity index (χ2n) is 4.63. The zero-order valence-corrected chi connectivity index (χ0v) is 10.8. The maximum atomic E-state index is 9.10. The fraction of sp³-hybridized carbons (Fsp3) is 0.188. The van der Waals surface area contributed by atoms with Crippen LogP contribution in [-0.4, -0.2) is 4.98 Å². The normalized spacial score (nSPS) is 19.7. The van der Waals surface area contributed by atoms with Gasteiger partial charge in [0.05, 0.1) is 22.9 Å². The lowest BCUT2D eigenvalue weighted by Gasteiger charge is -2.21. The fourth-order valence-electron chi connectivity index (χ4n) is 2.35. The molecule has 0 saturated carbocycles. The number of hydrogen-bond acceptors (Lipinski definition) is 4. The predicted octanol–water partition coefficient (Wildman–Crippen LogP) is 2.71. The van der Waals surface area contributed by atoms with E-state index in [2.05, 4.69) is 17.1 Å². The van der Waals surface area contributed by atoms with E-state index in [9.17, 15) is 0 Å². The lowest BCUT2D eigenvalue weighted by Crippen LogP contribution is -2.09. The van der Waals surface area contributed by atoms with Crippen molar-refractivity contribution in [3.05, 3.63) is 64.2 Å². The number of allylic oxidation sites excluding steroid dienone is 5. The Balaban J connectivity index is 2.01. The van der Waals surface area contributed by atoms with E-state index in [-0.39, 0.29) is 0 Å². The smallest absolute Gasteiger partial charge is 0.124 e. The van der Waals surface area contributed by atoms with Crippen LogP contribution in [0.3, 0.4) is 0 Å². The van der Waals surface area contributed by atoms with Crippen LogP contribution in [0.5, 0.6) is 0 Å². The first-order chi connectivity index (χ1) is 9.81. The molecular weight excluding hydrogens is 250 g/mol. The maximum absolute atomic E-state index is 9.10. The van der Waals surface area contributed by atoms with E-state index in [1.807, 2.05) is 18.2 Å². The minimum atomic E-state index is 0.395. The van der Waals surface area contributed by atoms with Gasteiger partial charge in [-0.2, -0.15) is 10.5 Å². The van der Waals surface area contributed by atoms with Crippen LogP contribution >= 0.6 is 0 Å². The topological polar surface area (TPSA) is 69.7 Å². The molecule has 0 atom stereocenters. The lowest BCUT2D eigenvalue weighted by molar-refractivity contribution is 0.202. The molecule has 0 unspecified atom stereocenters. The Bertz CT molecular complexity index is 742. The van der Waals surface area contributed by atoms with Gasteiger partial charge in [0.1, 0.15) is 18.4 Å². The highest BCUT2D eigenvalue weighted by molar-refractivity contribution is 5.55. The standard InChI is InChI=1S/C16H11N3O/c17-8-13-6-11-3-4-15-12(2-1-5-19-15)10-20-16(11)7-14(13)9-18/h1-3,5,7H,4,6,10H2/b11-3-. The third-order valence-corrected chi connectivity index (χ3v) is 3.45. The van der Waals surface area contributed by atoms with Gasteiger partial charge in [-0.3, -0.25) is 4.98 Å². The minimum Gasteiger partial charge on any atom is -0.489 e. The van der Waals surface area contributed by atoms with Crippen LogP contribution in [0.25, 0.3) is 0 Å². The first-order valence-electron chi connectivity index (χ1n) is 6.32. The van der Waals surface area contributed by atoms with Crippen molar-refractivity contribution in [3.8, 4) is 12.1 Å². The monoisotopic (exact) mass is 261 g/mol. The quantitative estimate of drug-likeness (QED) is 0.720. The van der Waals surface area contributed by atoms with Crippen molar-refractivity contribution in [1.82, 2.24) is 4.98 Å². The summed E-state index contributed by atoms with van der Waals surface area (Å²) in [6.45, 7) is 0.437. The second kappa shape index (κ2) is 5.03. The Morgan fingerprint density at radius 3 is 2.95 bits per heavy atom. The Morgan fingerprint density at radius 1 is 1.25 bits per heavy atom. The van der Waals surface area contributed by atoms with Crippen LogP contribution in [0.15, 0.2) is 53.0 Å². The summed E-state index contributed by atoms with van der Waals surface area (Å²) >= 11 is 0. The number of hydrogen-bond donors (Lipinski definition) is 0. The van der Waals surface area contributed by atoms with Crippen molar-refractivity contribution in [2.45, 2.75) is 19.4 Å². The van der Waals surface area contributed by atoms with Crippen molar-refractivity contribution in [1.29, 1.82) is 10.5 Å². The van der Waals surface area contributed by atoms with Gasteiger partial charge in [-0.05, 0) is 17.7 Å². The molecule has 0 spiro atoms. The number of rotatable bonds is 0. The molecule has 2 heterocycles. The molecule has 1 aromatic rings. The Morgan fingerprint density at radius 2 is 2.15 bits per heavy atom. The van der Waals surface area contributed by atoms with E-state index in [0.717, 1.165) is 16.8 Å². The molecule has 1 aromatic heterocycles. The van der Waals surface area contributed by atoms with Gasteiger partial charge in [0.2, 0.25) is 0 Å². The molecule has 0 bridgehead atoms. The number of nitrogens with zero attached hydrogens (tertiary/aromatic N) is 3. The number of pyridine rings is 1. The van der Waals surface area contributed by atoms with Gasteiger partial charge in [-0.15, -0.1) is 0 Å². The van der Waals surface area contributed by atoms with Crippen LogP contribution in [-0.2, 0) is 17.8 Å². The molecule has 1 aliphatic heterocycles. The third kappa shape index (κ3) is 2.08. The average Bonchev–Trinajstić information content (AvgIpc) is 2.49. The van der Waals surface area contributed by atoms with Crippen LogP contribution in [0.2, 0.25) is 0 Å². The number of fused-ring (bicyclic) bond motifs is 2. The van der Waals surface area contributed by atoms with E-state index >= 15 is 0 Å². The average molecular weight is 261 g/mol. The van der Waals surface area contributed by atoms with Crippen molar-refractivity contribution >= 4 is 0 Å². The molecule has 0 N–H and O–H groups in total. The summed E-state index contributed by atoms with van der Waals surface area (Å²) in [7, 11) is 0. The summed E-state index contributed by atoms with van der Waals surface area (Å²) in [5.41, 5.74) is 3.89. The summed E-state index contributed by atoms with van der Waals surface area (Å²) in [5.74, 6) is 0.690. The first-order valence-corrected chi connectivity index (χ1v) is 6.32. The van der Waals surface area contributed by atoms with E-state index in [4.69, 9.17) is 15.3 Å². The molecule has 3 rings (SSSR count). The van der Waals surface area contributed by atoms with E-state index in [1.54, 1.807) is 12.3 Å². The molecule has 0 radical (unpaired) electrons. The van der Waals surface area contributed by atoms with Crippen molar-refractivity contribution in [3.63, 3.8) is 0 Å². The number of nitriles is 2. The van der Waals surface area contributed by atoms with E-state index in [0.29, 0.717) is 36.4 Å². The molecule has 0 fully saturated rings. The molecule has 96 valence electrons. The van der Waals surface area contributed by atoms with Gasteiger partial charge in [0, 0.05) is 24.6 Å². The molecule has 4 heteroatoms. The van der Waals surface area contributed by atoms with Gasteiger partial charge < -0.3 is 4.74 Å². The largest absolute Gasteiger partial charge is 0.489 e. The van der Waals surface area contributed by atoms with Gasteiger partial charge in [-0.25, -0.2) is 0 Å². The van der Waals surface area contributed by atoms with Gasteiger partial charge >= 0.3 is 0 Å². The van der Waals surface area contributed by atoms with Crippen LogP contribution < -0.4 is 0 Å². The highest BCUT2D eigenvalue weighted by Crippen LogP contribution is 2.31. The van der Waals surface area contributed by atoms with Gasteiger partial charge in [0.15, 0.2) is 0 Å². The van der Waals surface area contributed by atoms with Crippen molar-refractivity contribution in [2.24, 2.45) is 0 Å². The SMILES string of the molecule is N#CC1=C(C#N)C/C2=C/Cc3ncccc3COC2=C1. The predicted molar refractivity (Wildman–Crippen MR) is 71.8 cm³/mol. The van der Waals surface area contributed by atoms with Gasteiger partial charge in [0.25, 0.3) is 0 Å². The first kappa shape index (κ1) is 12.2. The number of ether oxygens (including phenoxy) is 1. The third-order valence-electron chi connectivity index (χ3n) is 3.45. The highest BCUT2D eigenvalue weighted by atomic mass is 16.5. The summed E-state index contributed by atoms with van der Waals surface area (Å²) in [5, 5.41) is 18.2. The van der Waals surface area contributed by atoms with Crippen molar-refractivity contribution in [2.75, 3.05) is 0 Å². The van der Waals surface area contributed by atoms with E-state index in [1.165, 1.54) is 0 Å². The number of aromatic nitrogens is 1. The molecule has 4 nitrogen and oxygen atoms in total. The van der Waals surface area contributed by atoms with Crippen molar-refractivity contribution < 1.29 is 4.74 Å². The second-order valence-corrected chi connectivity index (χ2v) is 4.63. The highest BCUT2D eigenvalue weighted by Gasteiger charge is 2.21. The summed E-state index contributed by atoms with van der Waals surface area (Å²) in [6, 6.07) is 8.03. The zero-order chi connectivity index (χ0) is 13.9. The molecule has 0 aromatic carbocycles. The summed E-state index contributed by atoms with van der Waals surface area (Å²) < 4.78 is 5.80. The molecule has 1 aliphatic carbocycles. The molecule has 2 aliphatic rings. The van der Waals surface area contributed by atoms with Crippen LogP contribution in [0, 0.1) is 22.7 Å². The van der Waals surface area contributed by atoms with E-state index < -0.39 is 0 Å². The molecule has 0 amide bonds. The summed E-state index contributed by atoms with van der Waals surface area (Å²) in [6.07, 6.45) is 6.63. The van der Waals surface area contributed by atoms with Gasteiger partial charge in [-0.1, -0.05) is 12.1 Å².